The Morgan fingerprint density at radius 3 is 0.947 bits per heavy atom. The fraction of sp³-hybridized carbons (Fsp3) is 1.00. The summed E-state index contributed by atoms with van der Waals surface area (Å²) in [6.07, 6.45) is 5.13. The van der Waals surface area contributed by atoms with Crippen LogP contribution < -0.4 is 5.32 Å². The van der Waals surface area contributed by atoms with Gasteiger partial charge < -0.3 is 5.32 Å². The van der Waals surface area contributed by atoms with E-state index in [0.717, 1.165) is 6.04 Å². The fourth-order valence-electron chi connectivity index (χ4n) is 0.996. The number of rotatable bonds is 5. The van der Waals surface area contributed by atoms with Gasteiger partial charge in [0.15, 0.2) is 0 Å². The molecule has 0 unspecified atom stereocenters. The van der Waals surface area contributed by atoms with Gasteiger partial charge in [-0.2, -0.15) is 0 Å². The summed E-state index contributed by atoms with van der Waals surface area (Å²) in [6.45, 7) is 25.2. The minimum atomic E-state index is 0.634. The smallest absolute Gasteiger partial charge is 0.00641 e. The minimum absolute atomic E-state index is 0.634. The van der Waals surface area contributed by atoms with Crippen LogP contribution >= 0.6 is 0 Å². The highest BCUT2D eigenvalue weighted by atomic mass is 14.9. The molecule has 0 amide bonds. The molecule has 0 aliphatic carbocycles. The summed E-state index contributed by atoms with van der Waals surface area (Å²) in [6, 6.07) is 1.36. The first-order valence-corrected chi connectivity index (χ1v) is 8.88. The Hall–Kier alpha value is -0.0400. The van der Waals surface area contributed by atoms with Crippen LogP contribution in [0.4, 0.5) is 0 Å². The van der Waals surface area contributed by atoms with Crippen LogP contribution in [0.15, 0.2) is 0 Å². The molecule has 0 aliphatic heterocycles. The molecule has 0 aromatic carbocycles. The van der Waals surface area contributed by atoms with Gasteiger partial charge in [0.25, 0.3) is 0 Å². The summed E-state index contributed by atoms with van der Waals surface area (Å²) in [5, 5.41) is 3.48. The molecule has 0 bridgehead atoms. The van der Waals surface area contributed by atoms with Gasteiger partial charge in [-0.15, -0.1) is 0 Å². The molecular weight excluding hydrogens is 230 g/mol. The van der Waals surface area contributed by atoms with Crippen molar-refractivity contribution in [3.05, 3.63) is 0 Å². The van der Waals surface area contributed by atoms with Crippen LogP contribution in [0.5, 0.6) is 0 Å². The van der Waals surface area contributed by atoms with E-state index in [2.05, 4.69) is 46.9 Å². The van der Waals surface area contributed by atoms with E-state index in [1.807, 2.05) is 41.5 Å². The molecule has 1 heteroatoms. The summed E-state index contributed by atoms with van der Waals surface area (Å²) in [5.74, 6) is 0. The zero-order valence-electron chi connectivity index (χ0n) is 16.5. The molecule has 0 rings (SSSR count). The third-order valence-electron chi connectivity index (χ3n) is 2.05. The van der Waals surface area contributed by atoms with Gasteiger partial charge in [0.1, 0.15) is 0 Å². The molecule has 1 N–H and O–H groups in total. The molecular formula is C18H47N. The molecule has 124 valence electrons. The van der Waals surface area contributed by atoms with E-state index in [-0.39, 0.29) is 0 Å². The summed E-state index contributed by atoms with van der Waals surface area (Å²) < 4.78 is 0. The van der Waals surface area contributed by atoms with Gasteiger partial charge in [-0.1, -0.05) is 95.9 Å². The van der Waals surface area contributed by atoms with Crippen LogP contribution in [0.2, 0.25) is 0 Å². The standard InChI is InChI=1S/C8H19N.C4H10.3C2H6/c1-5-8(6-2)9-7(3)4;1-3-4-2;3*1-2/h7-9H,5-6H2,1-4H3;3-4H2,1-2H3;3*1-2H3. The minimum Gasteiger partial charge on any atom is -0.312 e. The molecule has 0 spiro atoms. The molecule has 19 heavy (non-hydrogen) atoms. The van der Waals surface area contributed by atoms with Gasteiger partial charge >= 0.3 is 0 Å². The van der Waals surface area contributed by atoms with E-state index in [9.17, 15) is 0 Å². The van der Waals surface area contributed by atoms with E-state index in [1.165, 1.54) is 25.7 Å². The van der Waals surface area contributed by atoms with Crippen LogP contribution in [0.1, 0.15) is 109 Å². The Labute approximate surface area is 127 Å². The third kappa shape index (κ3) is 57.0. The van der Waals surface area contributed by atoms with Gasteiger partial charge in [-0.25, -0.2) is 0 Å². The van der Waals surface area contributed by atoms with Crippen molar-refractivity contribution in [2.45, 2.75) is 121 Å². The summed E-state index contributed by atoms with van der Waals surface area (Å²) in [7, 11) is 0. The summed E-state index contributed by atoms with van der Waals surface area (Å²) in [4.78, 5) is 0. The lowest BCUT2D eigenvalue weighted by Crippen LogP contribution is -2.33. The van der Waals surface area contributed by atoms with Gasteiger partial charge in [-0.3, -0.25) is 0 Å². The zero-order valence-corrected chi connectivity index (χ0v) is 16.5. The normalized spacial score (nSPS) is 7.89. The molecule has 0 aliphatic rings. The SMILES string of the molecule is CC.CC.CC.CCC(CC)NC(C)C.CCCC. The second-order valence-electron chi connectivity index (χ2n) is 3.83. The molecule has 0 aromatic rings. The predicted molar refractivity (Wildman–Crippen MR) is 97.3 cm³/mol. The van der Waals surface area contributed by atoms with Gasteiger partial charge in [0, 0.05) is 12.1 Å². The second kappa shape index (κ2) is 43.0. The van der Waals surface area contributed by atoms with Crippen molar-refractivity contribution in [2.24, 2.45) is 0 Å². The fourth-order valence-corrected chi connectivity index (χ4v) is 0.996. The van der Waals surface area contributed by atoms with Crippen molar-refractivity contribution >= 4 is 0 Å². The van der Waals surface area contributed by atoms with Crippen LogP contribution in [-0.4, -0.2) is 12.1 Å². The lowest BCUT2D eigenvalue weighted by molar-refractivity contribution is 0.441. The van der Waals surface area contributed by atoms with Crippen LogP contribution in [0.3, 0.4) is 0 Å². The van der Waals surface area contributed by atoms with Crippen molar-refractivity contribution in [2.75, 3.05) is 0 Å². The Bertz CT molecular complexity index is 73.8. The monoisotopic (exact) mass is 277 g/mol. The van der Waals surface area contributed by atoms with Crippen LogP contribution in [-0.2, 0) is 0 Å². The average molecular weight is 278 g/mol. The van der Waals surface area contributed by atoms with E-state index >= 15 is 0 Å². The largest absolute Gasteiger partial charge is 0.312 e. The van der Waals surface area contributed by atoms with Crippen molar-refractivity contribution in [3.8, 4) is 0 Å². The first-order chi connectivity index (χ1) is 9.12. The predicted octanol–water partition coefficient (Wildman–Crippen LogP) is 7.06. The maximum absolute atomic E-state index is 3.48. The third-order valence-corrected chi connectivity index (χ3v) is 2.05. The summed E-state index contributed by atoms with van der Waals surface area (Å²) >= 11 is 0. The van der Waals surface area contributed by atoms with Gasteiger partial charge in [-0.05, 0) is 12.8 Å². The molecule has 0 saturated heterocycles. The number of nitrogens with one attached hydrogen (secondary N) is 1. The molecule has 0 aromatic heterocycles. The van der Waals surface area contributed by atoms with Crippen LogP contribution in [0.25, 0.3) is 0 Å². The Kier molecular flexibility index (Phi) is 71.0. The molecule has 0 heterocycles. The Morgan fingerprint density at radius 2 is 0.895 bits per heavy atom. The van der Waals surface area contributed by atoms with E-state index < -0.39 is 0 Å². The molecule has 0 radical (unpaired) electrons. The number of unbranched alkanes of at least 4 members (excludes halogenated alkanes) is 1. The maximum Gasteiger partial charge on any atom is 0.00641 e. The Balaban J connectivity index is -0.0000000549. The molecule has 1 nitrogen and oxygen atoms in total. The molecule has 0 saturated carbocycles. The number of hydrogen-bond donors (Lipinski definition) is 1. The number of hydrogen-bond acceptors (Lipinski definition) is 1. The highest BCUT2D eigenvalue weighted by Crippen LogP contribution is 1.96. The topological polar surface area (TPSA) is 12.0 Å². The van der Waals surface area contributed by atoms with Gasteiger partial charge in [0.05, 0.1) is 0 Å². The van der Waals surface area contributed by atoms with E-state index in [0.29, 0.717) is 6.04 Å². The lowest BCUT2D eigenvalue weighted by Gasteiger charge is -2.17. The van der Waals surface area contributed by atoms with Crippen molar-refractivity contribution < 1.29 is 0 Å². The molecule has 0 atom stereocenters. The molecule has 0 fully saturated rings. The highest BCUT2D eigenvalue weighted by Gasteiger charge is 2.02. The van der Waals surface area contributed by atoms with Crippen molar-refractivity contribution in [3.63, 3.8) is 0 Å². The van der Waals surface area contributed by atoms with E-state index in [4.69, 9.17) is 0 Å². The second-order valence-corrected chi connectivity index (χ2v) is 3.83. The van der Waals surface area contributed by atoms with Gasteiger partial charge in [0.2, 0.25) is 0 Å². The zero-order chi connectivity index (χ0) is 16.7. The first kappa shape index (κ1) is 31.4. The Morgan fingerprint density at radius 1 is 0.632 bits per heavy atom. The first-order valence-electron chi connectivity index (χ1n) is 8.88. The van der Waals surface area contributed by atoms with Crippen LogP contribution in [0, 0.1) is 0 Å². The highest BCUT2D eigenvalue weighted by molar-refractivity contribution is 4.64. The average Bonchev–Trinajstić information content (AvgIpc) is 2.50. The van der Waals surface area contributed by atoms with E-state index in [1.54, 1.807) is 0 Å². The lowest BCUT2D eigenvalue weighted by atomic mass is 10.1. The summed E-state index contributed by atoms with van der Waals surface area (Å²) in [5.41, 5.74) is 0. The maximum atomic E-state index is 3.48. The quantitative estimate of drug-likeness (QED) is 0.567. The van der Waals surface area contributed by atoms with Crippen molar-refractivity contribution in [1.29, 1.82) is 0 Å². The van der Waals surface area contributed by atoms with Crippen molar-refractivity contribution in [1.82, 2.24) is 5.32 Å².